The molecule has 3 rings (SSSR count). The lowest BCUT2D eigenvalue weighted by atomic mass is 9.99. The Morgan fingerprint density at radius 3 is 2.68 bits per heavy atom. The number of ether oxygens (including phenoxy) is 2. The van der Waals surface area contributed by atoms with Gasteiger partial charge in [0.2, 0.25) is 0 Å². The molecule has 1 aromatic heterocycles. The Hall–Kier alpha value is -3.63. The maximum absolute atomic E-state index is 12.2. The SMILES string of the molecule is CC(=O)c1ccc(OCc2ccsc2)cc1O[C@@H](CCC(=O)O)c1ccccc1C#N. The first kappa shape index (κ1) is 22.1. The first-order chi connectivity index (χ1) is 15.0. The van der Waals surface area contributed by atoms with Crippen LogP contribution in [0.1, 0.15) is 52.9 Å². The Morgan fingerprint density at radius 1 is 1.19 bits per heavy atom. The number of carboxylic acids is 1. The van der Waals surface area contributed by atoms with Gasteiger partial charge < -0.3 is 14.6 Å². The van der Waals surface area contributed by atoms with Gasteiger partial charge in [0.05, 0.1) is 17.2 Å². The molecule has 6 nitrogen and oxygen atoms in total. The average Bonchev–Trinajstić information content (AvgIpc) is 3.28. The molecule has 2 aromatic carbocycles. The highest BCUT2D eigenvalue weighted by Crippen LogP contribution is 2.33. The van der Waals surface area contributed by atoms with E-state index in [9.17, 15) is 14.9 Å². The predicted octanol–water partition coefficient (Wildman–Crippen LogP) is 5.39. The third-order valence-electron chi connectivity index (χ3n) is 4.64. The zero-order chi connectivity index (χ0) is 22.2. The van der Waals surface area contributed by atoms with Gasteiger partial charge in [0.15, 0.2) is 5.78 Å². The van der Waals surface area contributed by atoms with Crippen LogP contribution < -0.4 is 9.47 Å². The van der Waals surface area contributed by atoms with Crippen molar-refractivity contribution in [2.24, 2.45) is 0 Å². The summed E-state index contributed by atoms with van der Waals surface area (Å²) in [7, 11) is 0. The fourth-order valence-corrected chi connectivity index (χ4v) is 3.74. The standard InChI is InChI=1S/C24H21NO5S/c1-16(26)20-7-6-19(29-14-17-10-11-31-15-17)12-23(20)30-22(8-9-24(27)28)21-5-3-2-4-18(21)13-25/h2-7,10-12,15,22H,8-9,14H2,1H3,(H,27,28)/t22-/m0/s1. The number of rotatable bonds is 10. The van der Waals surface area contributed by atoms with Gasteiger partial charge in [-0.3, -0.25) is 9.59 Å². The van der Waals surface area contributed by atoms with Gasteiger partial charge in [-0.1, -0.05) is 18.2 Å². The lowest BCUT2D eigenvalue weighted by Gasteiger charge is -2.22. The number of nitriles is 1. The molecular formula is C24H21NO5S. The number of thiophene rings is 1. The number of carbonyl (C=O) groups excluding carboxylic acids is 1. The van der Waals surface area contributed by atoms with E-state index in [4.69, 9.17) is 14.6 Å². The van der Waals surface area contributed by atoms with Gasteiger partial charge in [-0.05, 0) is 53.9 Å². The average molecular weight is 436 g/mol. The second kappa shape index (κ2) is 10.4. The van der Waals surface area contributed by atoms with E-state index in [1.54, 1.807) is 53.8 Å². The molecule has 0 radical (unpaired) electrons. The van der Waals surface area contributed by atoms with Gasteiger partial charge in [-0.15, -0.1) is 0 Å². The van der Waals surface area contributed by atoms with Crippen LogP contribution >= 0.6 is 11.3 Å². The van der Waals surface area contributed by atoms with Gasteiger partial charge in [-0.25, -0.2) is 0 Å². The number of Topliss-reactive ketones (excluding diaryl/α,β-unsaturated/α-hetero) is 1. The van der Waals surface area contributed by atoms with Crippen LogP contribution in [0.25, 0.3) is 0 Å². The summed E-state index contributed by atoms with van der Waals surface area (Å²) in [5.41, 5.74) is 2.36. The molecule has 0 bridgehead atoms. The highest BCUT2D eigenvalue weighted by atomic mass is 32.1. The van der Waals surface area contributed by atoms with Crippen LogP contribution in [0, 0.1) is 11.3 Å². The number of hydrogen-bond acceptors (Lipinski definition) is 6. The van der Waals surface area contributed by atoms with Gasteiger partial charge in [0.25, 0.3) is 0 Å². The van der Waals surface area contributed by atoms with E-state index in [0.717, 1.165) is 5.56 Å². The molecule has 158 valence electrons. The van der Waals surface area contributed by atoms with E-state index in [1.807, 2.05) is 16.8 Å². The number of hydrogen-bond donors (Lipinski definition) is 1. The van der Waals surface area contributed by atoms with Crippen molar-refractivity contribution in [3.05, 3.63) is 81.5 Å². The summed E-state index contributed by atoms with van der Waals surface area (Å²) in [6.45, 7) is 1.81. The van der Waals surface area contributed by atoms with Crippen molar-refractivity contribution in [3.63, 3.8) is 0 Å². The highest BCUT2D eigenvalue weighted by Gasteiger charge is 2.21. The zero-order valence-electron chi connectivity index (χ0n) is 16.9. The number of ketones is 1. The lowest BCUT2D eigenvalue weighted by Crippen LogP contribution is -2.13. The molecule has 0 amide bonds. The van der Waals surface area contributed by atoms with Gasteiger partial charge in [0.1, 0.15) is 24.2 Å². The Balaban J connectivity index is 1.92. The van der Waals surface area contributed by atoms with Gasteiger partial charge in [-0.2, -0.15) is 16.6 Å². The van der Waals surface area contributed by atoms with Crippen molar-refractivity contribution in [1.82, 2.24) is 0 Å². The maximum atomic E-state index is 12.2. The summed E-state index contributed by atoms with van der Waals surface area (Å²) >= 11 is 1.58. The Bertz CT molecular complexity index is 1100. The van der Waals surface area contributed by atoms with Crippen molar-refractivity contribution in [2.45, 2.75) is 32.5 Å². The van der Waals surface area contributed by atoms with E-state index in [0.29, 0.717) is 34.8 Å². The number of aliphatic carboxylic acids is 1. The van der Waals surface area contributed by atoms with E-state index in [-0.39, 0.29) is 18.6 Å². The first-order valence-corrected chi connectivity index (χ1v) is 10.6. The van der Waals surface area contributed by atoms with Crippen LogP contribution in [-0.4, -0.2) is 16.9 Å². The second-order valence-corrected chi connectivity index (χ2v) is 7.65. The van der Waals surface area contributed by atoms with Crippen LogP contribution in [0.2, 0.25) is 0 Å². The molecule has 1 heterocycles. The second-order valence-electron chi connectivity index (χ2n) is 6.87. The Morgan fingerprint density at radius 2 is 2.00 bits per heavy atom. The van der Waals surface area contributed by atoms with Crippen LogP contribution in [0.3, 0.4) is 0 Å². The summed E-state index contributed by atoms with van der Waals surface area (Å²) in [6.07, 6.45) is -0.711. The monoisotopic (exact) mass is 435 g/mol. The quantitative estimate of drug-likeness (QED) is 0.429. The molecule has 0 aliphatic rings. The minimum atomic E-state index is -0.970. The molecule has 31 heavy (non-hydrogen) atoms. The fourth-order valence-electron chi connectivity index (χ4n) is 3.09. The fraction of sp³-hybridized carbons (Fsp3) is 0.208. The van der Waals surface area contributed by atoms with Crippen molar-refractivity contribution in [1.29, 1.82) is 5.26 Å². The summed E-state index contributed by atoms with van der Waals surface area (Å²) in [4.78, 5) is 23.3. The summed E-state index contributed by atoms with van der Waals surface area (Å²) < 4.78 is 12.0. The zero-order valence-corrected chi connectivity index (χ0v) is 17.7. The molecule has 0 spiro atoms. The molecular weight excluding hydrogens is 414 g/mol. The molecule has 0 saturated carbocycles. The molecule has 7 heteroatoms. The van der Waals surface area contributed by atoms with Crippen molar-refractivity contribution in [3.8, 4) is 17.6 Å². The van der Waals surface area contributed by atoms with Crippen LogP contribution in [0.4, 0.5) is 0 Å². The largest absolute Gasteiger partial charge is 0.489 e. The third-order valence-corrected chi connectivity index (χ3v) is 5.37. The molecule has 3 aromatic rings. The topological polar surface area (TPSA) is 96.6 Å². The summed E-state index contributed by atoms with van der Waals surface area (Å²) in [6, 6.07) is 15.9. The van der Waals surface area contributed by atoms with Crippen LogP contribution in [0.5, 0.6) is 11.5 Å². The summed E-state index contributed by atoms with van der Waals surface area (Å²) in [5.74, 6) is -0.345. The molecule has 0 aliphatic heterocycles. The highest BCUT2D eigenvalue weighted by molar-refractivity contribution is 7.07. The molecule has 1 atom stereocenters. The molecule has 0 unspecified atom stereocenters. The van der Waals surface area contributed by atoms with Crippen LogP contribution in [-0.2, 0) is 11.4 Å². The van der Waals surface area contributed by atoms with Crippen molar-refractivity contribution in [2.75, 3.05) is 0 Å². The first-order valence-electron chi connectivity index (χ1n) is 9.64. The van der Waals surface area contributed by atoms with E-state index in [1.165, 1.54) is 6.92 Å². The van der Waals surface area contributed by atoms with E-state index < -0.39 is 12.1 Å². The predicted molar refractivity (Wildman–Crippen MR) is 116 cm³/mol. The molecule has 0 aliphatic carbocycles. The number of benzene rings is 2. The Labute approximate surface area is 184 Å². The van der Waals surface area contributed by atoms with Gasteiger partial charge >= 0.3 is 5.97 Å². The normalized spacial score (nSPS) is 11.4. The van der Waals surface area contributed by atoms with E-state index >= 15 is 0 Å². The molecule has 0 fully saturated rings. The number of carbonyl (C=O) groups is 2. The smallest absolute Gasteiger partial charge is 0.303 e. The summed E-state index contributed by atoms with van der Waals surface area (Å²) in [5, 5.41) is 22.6. The van der Waals surface area contributed by atoms with Crippen LogP contribution in [0.15, 0.2) is 59.3 Å². The Kier molecular flexibility index (Phi) is 7.41. The lowest BCUT2D eigenvalue weighted by molar-refractivity contribution is -0.137. The minimum absolute atomic E-state index is 0.144. The minimum Gasteiger partial charge on any atom is -0.489 e. The molecule has 1 N–H and O–H groups in total. The van der Waals surface area contributed by atoms with Crippen molar-refractivity contribution >= 4 is 23.1 Å². The van der Waals surface area contributed by atoms with Crippen molar-refractivity contribution < 1.29 is 24.2 Å². The number of carboxylic acid groups (broad SMARTS) is 1. The third kappa shape index (κ3) is 5.93. The number of nitrogens with zero attached hydrogens (tertiary/aromatic N) is 1. The maximum Gasteiger partial charge on any atom is 0.303 e. The van der Waals surface area contributed by atoms with E-state index in [2.05, 4.69) is 6.07 Å². The molecule has 0 saturated heterocycles. The van der Waals surface area contributed by atoms with Gasteiger partial charge in [0, 0.05) is 18.1 Å².